The summed E-state index contributed by atoms with van der Waals surface area (Å²) in [7, 11) is 1.97. The van der Waals surface area contributed by atoms with Gasteiger partial charge in [-0.05, 0) is 25.5 Å². The number of nitriles is 2. The number of likely N-dealkylation sites (tertiary alicyclic amines) is 1. The summed E-state index contributed by atoms with van der Waals surface area (Å²) in [4.78, 5) is 6.27. The lowest BCUT2D eigenvalue weighted by atomic mass is 10.1. The number of nitrogens with zero attached hydrogens (tertiary/aromatic N) is 5. The van der Waals surface area contributed by atoms with Crippen LogP contribution in [-0.4, -0.2) is 67.3 Å². The second-order valence-corrected chi connectivity index (χ2v) is 7.05. The Morgan fingerprint density at radius 3 is 2.93 bits per heavy atom. The number of allylic oxidation sites excluding steroid dienone is 1. The van der Waals surface area contributed by atoms with Gasteiger partial charge in [0.1, 0.15) is 23.7 Å². The number of aliphatic hydroxyl groups excluding tert-OH is 1. The van der Waals surface area contributed by atoms with Crippen molar-refractivity contribution in [2.45, 2.75) is 25.5 Å². The zero-order chi connectivity index (χ0) is 19.2. The number of likely N-dealkylation sites (N-methyl/N-ethyl adjacent to an activating group) is 1. The van der Waals surface area contributed by atoms with E-state index in [-0.39, 0.29) is 11.7 Å². The molecule has 1 atom stereocenters. The van der Waals surface area contributed by atoms with E-state index in [0.29, 0.717) is 32.0 Å². The second kappa shape index (κ2) is 8.81. The summed E-state index contributed by atoms with van der Waals surface area (Å²) < 4.78 is 5.97. The van der Waals surface area contributed by atoms with Gasteiger partial charge in [-0.2, -0.15) is 10.5 Å². The molecule has 3 rings (SSSR count). The summed E-state index contributed by atoms with van der Waals surface area (Å²) in [5, 5.41) is 31.0. The normalized spacial score (nSPS) is 20.1. The maximum atomic E-state index is 9.79. The first-order chi connectivity index (χ1) is 13.1. The van der Waals surface area contributed by atoms with Crippen LogP contribution in [0.2, 0.25) is 0 Å². The Labute approximate surface area is 159 Å². The Bertz CT molecular complexity index is 743. The first-order valence-corrected chi connectivity index (χ1v) is 9.34. The highest BCUT2D eigenvalue weighted by atomic mass is 16.4. The predicted molar refractivity (Wildman–Crippen MR) is 100 cm³/mol. The number of rotatable bonds is 6. The fraction of sp³-hybridized carbons (Fsp3) is 0.579. The third kappa shape index (κ3) is 4.73. The fourth-order valence-corrected chi connectivity index (χ4v) is 3.57. The van der Waals surface area contributed by atoms with Crippen molar-refractivity contribution in [3.05, 3.63) is 29.3 Å². The average Bonchev–Trinajstić information content (AvgIpc) is 3.31. The molecule has 2 fully saturated rings. The Kier molecular flexibility index (Phi) is 6.23. The van der Waals surface area contributed by atoms with E-state index in [1.165, 1.54) is 0 Å². The van der Waals surface area contributed by atoms with Crippen molar-refractivity contribution in [2.75, 3.05) is 51.2 Å². The van der Waals surface area contributed by atoms with Gasteiger partial charge in [-0.25, -0.2) is 0 Å². The summed E-state index contributed by atoms with van der Waals surface area (Å²) in [5.74, 6) is 2.31. The van der Waals surface area contributed by atoms with E-state index in [0.717, 1.165) is 44.1 Å². The van der Waals surface area contributed by atoms with Crippen LogP contribution in [0.3, 0.4) is 0 Å². The maximum Gasteiger partial charge on any atom is 0.195 e. The largest absolute Gasteiger partial charge is 0.444 e. The minimum absolute atomic E-state index is 0.124. The first kappa shape index (κ1) is 19.1. The van der Waals surface area contributed by atoms with Crippen LogP contribution >= 0.6 is 0 Å². The van der Waals surface area contributed by atoms with E-state index in [1.807, 2.05) is 41.1 Å². The van der Waals surface area contributed by atoms with Crippen molar-refractivity contribution >= 4 is 5.88 Å². The summed E-state index contributed by atoms with van der Waals surface area (Å²) in [6, 6.07) is 7.84. The molecule has 3 heterocycles. The second-order valence-electron chi connectivity index (χ2n) is 7.05. The molecule has 0 bridgehead atoms. The molecule has 2 aliphatic heterocycles. The predicted octanol–water partition coefficient (Wildman–Crippen LogP) is 0.836. The summed E-state index contributed by atoms with van der Waals surface area (Å²) >= 11 is 0. The number of hydrogen-bond acceptors (Lipinski definition) is 8. The van der Waals surface area contributed by atoms with Crippen LogP contribution in [0.15, 0.2) is 27.9 Å². The van der Waals surface area contributed by atoms with Crippen molar-refractivity contribution in [1.82, 2.24) is 15.1 Å². The highest BCUT2D eigenvalue weighted by Gasteiger charge is 2.22. The lowest BCUT2D eigenvalue weighted by molar-refractivity contribution is 0.0634. The van der Waals surface area contributed by atoms with Crippen molar-refractivity contribution in [3.8, 4) is 12.1 Å². The average molecular weight is 370 g/mol. The molecule has 1 aromatic rings. The molecule has 0 aliphatic carbocycles. The number of furan rings is 1. The van der Waals surface area contributed by atoms with Crippen molar-refractivity contribution in [2.24, 2.45) is 0 Å². The Balaban J connectivity index is 1.54. The summed E-state index contributed by atoms with van der Waals surface area (Å²) in [5.41, 5.74) is 0.124. The molecular weight excluding hydrogens is 344 g/mol. The van der Waals surface area contributed by atoms with Crippen LogP contribution in [-0.2, 0) is 6.54 Å². The minimum Gasteiger partial charge on any atom is -0.444 e. The van der Waals surface area contributed by atoms with Gasteiger partial charge in [0.05, 0.1) is 12.6 Å². The van der Waals surface area contributed by atoms with Gasteiger partial charge in [0.2, 0.25) is 0 Å². The van der Waals surface area contributed by atoms with Crippen LogP contribution < -0.4 is 10.2 Å². The molecule has 2 N–H and O–H groups in total. The van der Waals surface area contributed by atoms with E-state index < -0.39 is 0 Å². The number of anilines is 1. The zero-order valence-corrected chi connectivity index (χ0v) is 15.7. The third-order valence-electron chi connectivity index (χ3n) is 5.04. The SMILES string of the molecule is CN(CCN1CCNC1=C(C#N)C#N)c1ccc(CN2CCCC(O)C2)o1. The van der Waals surface area contributed by atoms with Crippen LogP contribution in [0.5, 0.6) is 0 Å². The number of nitrogens with one attached hydrogen (secondary N) is 1. The van der Waals surface area contributed by atoms with Crippen LogP contribution in [0.25, 0.3) is 0 Å². The van der Waals surface area contributed by atoms with E-state index in [2.05, 4.69) is 10.2 Å². The molecule has 0 aromatic carbocycles. The zero-order valence-electron chi connectivity index (χ0n) is 15.7. The standard InChI is InChI=1S/C19H26N6O2/c1-23(9-10-25-8-6-22-19(25)15(11-20)12-21)18-5-4-17(27-18)14-24-7-2-3-16(26)13-24/h4-5,16,22,26H,2-3,6-10,13-14H2,1H3. The van der Waals surface area contributed by atoms with Crippen LogP contribution in [0, 0.1) is 22.7 Å². The monoisotopic (exact) mass is 370 g/mol. The molecule has 0 radical (unpaired) electrons. The Hall–Kier alpha value is -2.68. The van der Waals surface area contributed by atoms with Gasteiger partial charge in [0.25, 0.3) is 0 Å². The van der Waals surface area contributed by atoms with Gasteiger partial charge in [0, 0.05) is 45.8 Å². The molecule has 1 aromatic heterocycles. The van der Waals surface area contributed by atoms with Gasteiger partial charge < -0.3 is 24.6 Å². The molecule has 144 valence electrons. The molecule has 0 amide bonds. The minimum atomic E-state index is -0.237. The molecule has 0 saturated carbocycles. The van der Waals surface area contributed by atoms with Crippen molar-refractivity contribution < 1.29 is 9.52 Å². The lowest BCUT2D eigenvalue weighted by Gasteiger charge is -2.29. The highest BCUT2D eigenvalue weighted by Crippen LogP contribution is 2.21. The number of β-amino-alcohol motifs (C(OH)–C–C–N with tert-alkyl or cyclic N) is 1. The van der Waals surface area contributed by atoms with Crippen molar-refractivity contribution in [3.63, 3.8) is 0 Å². The summed E-state index contributed by atoms with van der Waals surface area (Å²) in [6.45, 7) is 5.31. The van der Waals surface area contributed by atoms with Gasteiger partial charge in [-0.3, -0.25) is 4.90 Å². The molecule has 27 heavy (non-hydrogen) atoms. The smallest absolute Gasteiger partial charge is 0.195 e. The fourth-order valence-electron chi connectivity index (χ4n) is 3.57. The molecule has 8 nitrogen and oxygen atoms in total. The van der Waals surface area contributed by atoms with E-state index in [4.69, 9.17) is 14.9 Å². The van der Waals surface area contributed by atoms with Crippen molar-refractivity contribution in [1.29, 1.82) is 10.5 Å². The lowest BCUT2D eigenvalue weighted by Crippen LogP contribution is -2.37. The Morgan fingerprint density at radius 2 is 2.19 bits per heavy atom. The van der Waals surface area contributed by atoms with E-state index >= 15 is 0 Å². The molecule has 2 saturated heterocycles. The number of hydrogen-bond donors (Lipinski definition) is 2. The summed E-state index contributed by atoms with van der Waals surface area (Å²) in [6.07, 6.45) is 1.66. The third-order valence-corrected chi connectivity index (χ3v) is 5.04. The van der Waals surface area contributed by atoms with Gasteiger partial charge in [-0.1, -0.05) is 0 Å². The topological polar surface area (TPSA) is 103 Å². The maximum absolute atomic E-state index is 9.79. The van der Waals surface area contributed by atoms with Gasteiger partial charge in [0.15, 0.2) is 11.5 Å². The molecular formula is C19H26N6O2. The molecule has 0 spiro atoms. The first-order valence-electron chi connectivity index (χ1n) is 9.34. The number of piperidine rings is 1. The molecule has 8 heteroatoms. The van der Waals surface area contributed by atoms with Gasteiger partial charge in [-0.15, -0.1) is 0 Å². The number of aliphatic hydroxyl groups is 1. The highest BCUT2D eigenvalue weighted by molar-refractivity contribution is 5.40. The van der Waals surface area contributed by atoms with E-state index in [9.17, 15) is 5.11 Å². The Morgan fingerprint density at radius 1 is 1.37 bits per heavy atom. The van der Waals surface area contributed by atoms with E-state index in [1.54, 1.807) is 0 Å². The van der Waals surface area contributed by atoms with Crippen LogP contribution in [0.4, 0.5) is 5.88 Å². The van der Waals surface area contributed by atoms with Gasteiger partial charge >= 0.3 is 0 Å². The molecule has 2 aliphatic rings. The van der Waals surface area contributed by atoms with Crippen LogP contribution in [0.1, 0.15) is 18.6 Å². The molecule has 1 unspecified atom stereocenters. The quantitative estimate of drug-likeness (QED) is 0.710.